The third kappa shape index (κ3) is 2.31. The third-order valence-electron chi connectivity index (χ3n) is 3.81. The lowest BCUT2D eigenvalue weighted by Gasteiger charge is -2.29. The second-order valence-corrected chi connectivity index (χ2v) is 4.97. The minimum Gasteiger partial charge on any atom is -0.391 e. The second-order valence-electron chi connectivity index (χ2n) is 4.97. The van der Waals surface area contributed by atoms with Gasteiger partial charge in [0.25, 0.3) is 0 Å². The van der Waals surface area contributed by atoms with E-state index in [9.17, 15) is 5.11 Å². The highest BCUT2D eigenvalue weighted by atomic mass is 16.3. The molecule has 1 aliphatic rings. The lowest BCUT2D eigenvalue weighted by molar-refractivity contribution is 0.166. The van der Waals surface area contributed by atoms with Gasteiger partial charge in [0.2, 0.25) is 0 Å². The molecule has 0 saturated carbocycles. The molecule has 3 N–H and O–H groups in total. The fourth-order valence-corrected chi connectivity index (χ4v) is 2.62. The molecule has 1 aromatic rings. The maximum Gasteiger partial charge on any atom is 0.0712 e. The lowest BCUT2D eigenvalue weighted by atomic mass is 9.98. The lowest BCUT2D eigenvalue weighted by Crippen LogP contribution is -2.39. The molecule has 3 heteroatoms. The highest BCUT2D eigenvalue weighted by molar-refractivity contribution is 5.61. The summed E-state index contributed by atoms with van der Waals surface area (Å²) in [5.41, 5.74) is 8.32. The van der Waals surface area contributed by atoms with Crippen LogP contribution in [0.15, 0.2) is 24.3 Å². The van der Waals surface area contributed by atoms with Crippen LogP contribution in [0.2, 0.25) is 0 Å². The van der Waals surface area contributed by atoms with E-state index in [1.54, 1.807) is 0 Å². The number of anilines is 1. The molecule has 3 atom stereocenters. The van der Waals surface area contributed by atoms with Crippen LogP contribution in [-0.2, 0) is 0 Å². The van der Waals surface area contributed by atoms with Crippen molar-refractivity contribution in [3.05, 3.63) is 29.8 Å². The smallest absolute Gasteiger partial charge is 0.0712 e. The van der Waals surface area contributed by atoms with Gasteiger partial charge in [0.15, 0.2) is 0 Å². The first-order valence-corrected chi connectivity index (χ1v) is 6.39. The molecule has 3 unspecified atom stereocenters. The number of benzene rings is 1. The Morgan fingerprint density at radius 1 is 1.41 bits per heavy atom. The van der Waals surface area contributed by atoms with Gasteiger partial charge in [-0.15, -0.1) is 0 Å². The van der Waals surface area contributed by atoms with Gasteiger partial charge in [-0.1, -0.05) is 18.2 Å². The van der Waals surface area contributed by atoms with Crippen LogP contribution in [0.3, 0.4) is 0 Å². The van der Waals surface area contributed by atoms with E-state index < -0.39 is 0 Å². The zero-order chi connectivity index (χ0) is 12.4. The molecule has 0 saturated heterocycles. The summed E-state index contributed by atoms with van der Waals surface area (Å²) in [6.07, 6.45) is 0.694. The van der Waals surface area contributed by atoms with Crippen molar-refractivity contribution in [2.45, 2.75) is 38.3 Å². The van der Waals surface area contributed by atoms with Crippen molar-refractivity contribution >= 4 is 5.69 Å². The van der Waals surface area contributed by atoms with E-state index >= 15 is 0 Å². The number of aliphatic hydroxyl groups excluding tert-OH is 1. The highest BCUT2D eigenvalue weighted by Crippen LogP contribution is 2.39. The molecule has 17 heavy (non-hydrogen) atoms. The van der Waals surface area contributed by atoms with Gasteiger partial charge in [-0.2, -0.15) is 0 Å². The Morgan fingerprint density at radius 3 is 2.76 bits per heavy atom. The molecule has 3 nitrogen and oxygen atoms in total. The molecule has 1 heterocycles. The standard InChI is InChI=1S/C14H22N2O/c1-10(11(2)17)16-9-12(7-8-15)13-5-3-4-6-14(13)16/h3-6,10-12,17H,7-9,15H2,1-2H3. The van der Waals surface area contributed by atoms with Crippen molar-refractivity contribution in [1.82, 2.24) is 0 Å². The SMILES string of the molecule is CC(O)C(C)N1CC(CCN)c2ccccc21. The van der Waals surface area contributed by atoms with Gasteiger partial charge in [0, 0.05) is 18.2 Å². The molecule has 0 fully saturated rings. The summed E-state index contributed by atoms with van der Waals surface area (Å²) >= 11 is 0. The Hall–Kier alpha value is -1.06. The Bertz CT molecular complexity index is 378. The van der Waals surface area contributed by atoms with Crippen LogP contribution >= 0.6 is 0 Å². The summed E-state index contributed by atoms with van der Waals surface area (Å²) in [5.74, 6) is 0.511. The molecule has 0 amide bonds. The van der Waals surface area contributed by atoms with Crippen molar-refractivity contribution in [3.8, 4) is 0 Å². The molecule has 0 radical (unpaired) electrons. The fourth-order valence-electron chi connectivity index (χ4n) is 2.62. The number of fused-ring (bicyclic) bond motifs is 1. The van der Waals surface area contributed by atoms with E-state index in [4.69, 9.17) is 5.73 Å². The number of hydrogen-bond acceptors (Lipinski definition) is 3. The van der Waals surface area contributed by atoms with Gasteiger partial charge in [-0.25, -0.2) is 0 Å². The van der Waals surface area contributed by atoms with E-state index in [2.05, 4.69) is 36.1 Å². The average molecular weight is 234 g/mol. The van der Waals surface area contributed by atoms with Crippen LogP contribution < -0.4 is 10.6 Å². The van der Waals surface area contributed by atoms with Crippen LogP contribution in [0, 0.1) is 0 Å². The van der Waals surface area contributed by atoms with Crippen LogP contribution in [0.25, 0.3) is 0 Å². The summed E-state index contributed by atoms with van der Waals surface area (Å²) in [6, 6.07) is 8.62. The number of rotatable bonds is 4. The number of hydrogen-bond donors (Lipinski definition) is 2. The molecule has 0 aliphatic carbocycles. The zero-order valence-corrected chi connectivity index (χ0v) is 10.6. The minimum atomic E-state index is -0.320. The molecule has 1 aromatic carbocycles. The molecule has 94 valence electrons. The molecule has 2 rings (SSSR count). The van der Waals surface area contributed by atoms with Gasteiger partial charge >= 0.3 is 0 Å². The first-order valence-electron chi connectivity index (χ1n) is 6.39. The van der Waals surface area contributed by atoms with Crippen molar-refractivity contribution in [3.63, 3.8) is 0 Å². The fraction of sp³-hybridized carbons (Fsp3) is 0.571. The van der Waals surface area contributed by atoms with Crippen LogP contribution in [0.5, 0.6) is 0 Å². The Kier molecular flexibility index (Phi) is 3.69. The largest absolute Gasteiger partial charge is 0.391 e. The maximum atomic E-state index is 9.76. The Balaban J connectivity index is 2.28. The second kappa shape index (κ2) is 5.07. The normalized spacial score (nSPS) is 22.4. The van der Waals surface area contributed by atoms with E-state index in [0.29, 0.717) is 5.92 Å². The van der Waals surface area contributed by atoms with Gasteiger partial charge in [-0.05, 0) is 38.4 Å². The molecule has 0 bridgehead atoms. The first kappa shape index (κ1) is 12.4. The molecule has 1 aliphatic heterocycles. The van der Waals surface area contributed by atoms with E-state index in [0.717, 1.165) is 19.5 Å². The monoisotopic (exact) mass is 234 g/mol. The Labute approximate surface area is 103 Å². The van der Waals surface area contributed by atoms with E-state index in [1.165, 1.54) is 11.3 Å². The number of nitrogens with two attached hydrogens (primary N) is 1. The van der Waals surface area contributed by atoms with E-state index in [1.807, 2.05) is 6.92 Å². The van der Waals surface area contributed by atoms with Gasteiger partial charge in [-0.3, -0.25) is 0 Å². The van der Waals surface area contributed by atoms with Crippen molar-refractivity contribution in [2.24, 2.45) is 5.73 Å². The summed E-state index contributed by atoms with van der Waals surface area (Å²) in [5, 5.41) is 9.76. The average Bonchev–Trinajstić information content (AvgIpc) is 2.68. The number of nitrogens with zero attached hydrogens (tertiary/aromatic N) is 1. The Morgan fingerprint density at radius 2 is 2.12 bits per heavy atom. The first-order chi connectivity index (χ1) is 8.15. The molecular weight excluding hydrogens is 212 g/mol. The van der Waals surface area contributed by atoms with Crippen LogP contribution in [0.1, 0.15) is 31.7 Å². The van der Waals surface area contributed by atoms with Gasteiger partial charge < -0.3 is 15.7 Å². The van der Waals surface area contributed by atoms with Crippen molar-refractivity contribution in [2.75, 3.05) is 18.0 Å². The zero-order valence-electron chi connectivity index (χ0n) is 10.6. The summed E-state index contributed by atoms with van der Waals surface area (Å²) in [4.78, 5) is 2.31. The van der Waals surface area contributed by atoms with Crippen LogP contribution in [-0.4, -0.2) is 30.3 Å². The molecule has 0 aromatic heterocycles. The molecular formula is C14H22N2O. The molecule has 0 spiro atoms. The van der Waals surface area contributed by atoms with Crippen molar-refractivity contribution < 1.29 is 5.11 Å². The summed E-state index contributed by atoms with van der Waals surface area (Å²) in [7, 11) is 0. The van der Waals surface area contributed by atoms with Gasteiger partial charge in [0.1, 0.15) is 0 Å². The highest BCUT2D eigenvalue weighted by Gasteiger charge is 2.31. The number of para-hydroxylation sites is 1. The minimum absolute atomic E-state index is 0.152. The predicted octanol–water partition coefficient (Wildman–Crippen LogP) is 1.71. The van der Waals surface area contributed by atoms with Crippen LogP contribution in [0.4, 0.5) is 5.69 Å². The summed E-state index contributed by atoms with van der Waals surface area (Å²) < 4.78 is 0. The summed E-state index contributed by atoms with van der Waals surface area (Å²) in [6.45, 7) is 5.62. The third-order valence-corrected chi connectivity index (χ3v) is 3.81. The predicted molar refractivity (Wildman–Crippen MR) is 71.3 cm³/mol. The van der Waals surface area contributed by atoms with Gasteiger partial charge in [0.05, 0.1) is 12.1 Å². The quantitative estimate of drug-likeness (QED) is 0.834. The number of aliphatic hydroxyl groups is 1. The maximum absolute atomic E-state index is 9.76. The van der Waals surface area contributed by atoms with E-state index in [-0.39, 0.29) is 12.1 Å². The topological polar surface area (TPSA) is 49.5 Å². The van der Waals surface area contributed by atoms with Crippen molar-refractivity contribution in [1.29, 1.82) is 0 Å².